The molecule has 3 N–H and O–H groups in total. The van der Waals surface area contributed by atoms with E-state index in [1.54, 1.807) is 0 Å². The van der Waals surface area contributed by atoms with Gasteiger partial charge < -0.3 is 10.6 Å². The quantitative estimate of drug-likeness (QED) is 0.769. The molecule has 1 aliphatic carbocycles. The molecule has 0 saturated carbocycles. The molecule has 4 rings (SSSR count). The fraction of sp³-hybridized carbons (Fsp3) is 0.476. The van der Waals surface area contributed by atoms with Crippen LogP contribution in [-0.4, -0.2) is 34.7 Å². The molecule has 1 aromatic heterocycles. The summed E-state index contributed by atoms with van der Waals surface area (Å²) in [7, 11) is 0. The van der Waals surface area contributed by atoms with Gasteiger partial charge in [-0.2, -0.15) is 5.10 Å². The van der Waals surface area contributed by atoms with Crippen molar-refractivity contribution >= 4 is 5.91 Å². The summed E-state index contributed by atoms with van der Waals surface area (Å²) >= 11 is 0. The Balaban J connectivity index is 1.63. The van der Waals surface area contributed by atoms with E-state index in [0.717, 1.165) is 61.9 Å². The van der Waals surface area contributed by atoms with Gasteiger partial charge in [0.1, 0.15) is 0 Å². The third-order valence-electron chi connectivity index (χ3n) is 5.78. The molecule has 1 fully saturated rings. The van der Waals surface area contributed by atoms with Crippen LogP contribution in [0.3, 0.4) is 0 Å². The lowest BCUT2D eigenvalue weighted by atomic mass is 9.82. The number of aromatic amines is 1. The van der Waals surface area contributed by atoms with E-state index in [1.165, 1.54) is 0 Å². The maximum atomic E-state index is 12.8. The highest BCUT2D eigenvalue weighted by Crippen LogP contribution is 2.26. The normalized spacial score (nSPS) is 22.1. The first-order chi connectivity index (χ1) is 13.2. The van der Waals surface area contributed by atoms with Crippen LogP contribution < -0.4 is 16.2 Å². The minimum atomic E-state index is -0.387. The van der Waals surface area contributed by atoms with Gasteiger partial charge in [-0.15, -0.1) is 0 Å². The lowest BCUT2D eigenvalue weighted by Gasteiger charge is -2.39. The number of hydrogen-bond donors (Lipinski definition) is 3. The predicted octanol–water partition coefficient (Wildman–Crippen LogP) is 1.74. The van der Waals surface area contributed by atoms with Crippen LogP contribution in [0.15, 0.2) is 35.1 Å². The molecule has 1 aromatic carbocycles. The molecule has 6 nitrogen and oxygen atoms in total. The number of rotatable bonds is 4. The molecule has 0 bridgehead atoms. The van der Waals surface area contributed by atoms with Crippen LogP contribution in [0, 0.1) is 0 Å². The second-order valence-corrected chi connectivity index (χ2v) is 7.72. The minimum absolute atomic E-state index is 0.0578. The SMILES string of the molecule is O=C(NC1(Cc2n[nH]c(=O)c3c2CCCC3)CCCNC1)c1ccccc1. The van der Waals surface area contributed by atoms with Gasteiger partial charge >= 0.3 is 0 Å². The van der Waals surface area contributed by atoms with E-state index in [2.05, 4.69) is 20.8 Å². The molecule has 2 aliphatic rings. The van der Waals surface area contributed by atoms with Gasteiger partial charge in [0.25, 0.3) is 11.5 Å². The van der Waals surface area contributed by atoms with Crippen molar-refractivity contribution in [2.24, 2.45) is 0 Å². The molecule has 1 amide bonds. The van der Waals surface area contributed by atoms with Crippen LogP contribution >= 0.6 is 0 Å². The number of nitrogens with one attached hydrogen (secondary N) is 3. The highest BCUT2D eigenvalue weighted by atomic mass is 16.2. The number of carbonyl (C=O) groups is 1. The molecule has 142 valence electrons. The maximum Gasteiger partial charge on any atom is 0.267 e. The topological polar surface area (TPSA) is 86.9 Å². The summed E-state index contributed by atoms with van der Waals surface area (Å²) in [6.45, 7) is 1.67. The molecule has 1 unspecified atom stereocenters. The number of carbonyl (C=O) groups excluding carboxylic acids is 1. The van der Waals surface area contributed by atoms with Crippen LogP contribution in [0.1, 0.15) is 52.9 Å². The van der Waals surface area contributed by atoms with Crippen molar-refractivity contribution in [3.63, 3.8) is 0 Å². The zero-order valence-electron chi connectivity index (χ0n) is 15.5. The van der Waals surface area contributed by atoms with Gasteiger partial charge in [0.2, 0.25) is 0 Å². The Morgan fingerprint density at radius 3 is 2.63 bits per heavy atom. The molecule has 0 radical (unpaired) electrons. The van der Waals surface area contributed by atoms with Crippen LogP contribution in [0.2, 0.25) is 0 Å². The third kappa shape index (κ3) is 3.81. The van der Waals surface area contributed by atoms with Crippen LogP contribution in [0.4, 0.5) is 0 Å². The fourth-order valence-electron chi connectivity index (χ4n) is 4.37. The fourth-order valence-corrected chi connectivity index (χ4v) is 4.37. The first-order valence-corrected chi connectivity index (χ1v) is 9.84. The Morgan fingerprint density at radius 2 is 1.89 bits per heavy atom. The van der Waals surface area contributed by atoms with Crippen LogP contribution in [0.25, 0.3) is 0 Å². The summed E-state index contributed by atoms with van der Waals surface area (Å²) in [6, 6.07) is 9.32. The average Bonchev–Trinajstić information content (AvgIpc) is 2.72. The molecule has 2 heterocycles. The summed E-state index contributed by atoms with van der Waals surface area (Å²) in [4.78, 5) is 25.0. The Morgan fingerprint density at radius 1 is 1.11 bits per heavy atom. The Labute approximate surface area is 158 Å². The van der Waals surface area contributed by atoms with E-state index in [0.29, 0.717) is 18.5 Å². The van der Waals surface area contributed by atoms with E-state index in [-0.39, 0.29) is 17.0 Å². The summed E-state index contributed by atoms with van der Waals surface area (Å²) in [6.07, 6.45) is 6.40. The lowest BCUT2D eigenvalue weighted by Crippen LogP contribution is -2.59. The number of piperidine rings is 1. The van der Waals surface area contributed by atoms with Crippen LogP contribution in [-0.2, 0) is 19.3 Å². The molecular formula is C21H26N4O2. The summed E-state index contributed by atoms with van der Waals surface area (Å²) < 4.78 is 0. The number of benzene rings is 1. The Hall–Kier alpha value is -2.47. The molecule has 1 aliphatic heterocycles. The van der Waals surface area contributed by atoms with Gasteiger partial charge in [-0.3, -0.25) is 9.59 Å². The molecule has 1 saturated heterocycles. The molecular weight excluding hydrogens is 340 g/mol. The van der Waals surface area contributed by atoms with Gasteiger partial charge in [0.15, 0.2) is 0 Å². The molecule has 6 heteroatoms. The van der Waals surface area contributed by atoms with Crippen LogP contribution in [0.5, 0.6) is 0 Å². The standard InChI is InChI=1S/C21H26N4O2/c26-19(15-7-2-1-3-8-15)23-21(11-6-12-22-14-21)13-18-16-9-4-5-10-17(16)20(27)25-24-18/h1-3,7-8,22H,4-6,9-14H2,(H,23,26)(H,25,27). The van der Waals surface area contributed by atoms with Crippen molar-refractivity contribution in [2.45, 2.75) is 50.5 Å². The van der Waals surface area contributed by atoms with Crippen molar-refractivity contribution in [3.8, 4) is 0 Å². The van der Waals surface area contributed by atoms with Gasteiger partial charge in [-0.25, -0.2) is 5.10 Å². The number of nitrogens with zero attached hydrogens (tertiary/aromatic N) is 1. The Kier molecular flexibility index (Phi) is 5.07. The van der Waals surface area contributed by atoms with E-state index in [1.807, 2.05) is 30.3 Å². The number of aromatic nitrogens is 2. The van der Waals surface area contributed by atoms with Gasteiger partial charge in [-0.05, 0) is 62.8 Å². The van der Waals surface area contributed by atoms with Gasteiger partial charge in [0.05, 0.1) is 11.2 Å². The molecule has 0 spiro atoms. The number of fused-ring (bicyclic) bond motifs is 1. The first-order valence-electron chi connectivity index (χ1n) is 9.84. The molecule has 27 heavy (non-hydrogen) atoms. The predicted molar refractivity (Wildman–Crippen MR) is 104 cm³/mol. The largest absolute Gasteiger partial charge is 0.345 e. The van der Waals surface area contributed by atoms with Crippen molar-refractivity contribution in [3.05, 3.63) is 63.1 Å². The van der Waals surface area contributed by atoms with Gasteiger partial charge in [0, 0.05) is 24.1 Å². The smallest absolute Gasteiger partial charge is 0.267 e. The van der Waals surface area contributed by atoms with Gasteiger partial charge in [-0.1, -0.05) is 18.2 Å². The highest BCUT2D eigenvalue weighted by Gasteiger charge is 2.36. The molecule has 1 atom stereocenters. The second kappa shape index (κ2) is 7.64. The zero-order chi connectivity index (χ0) is 18.7. The monoisotopic (exact) mass is 366 g/mol. The number of amides is 1. The van der Waals surface area contributed by atoms with E-state index < -0.39 is 0 Å². The van der Waals surface area contributed by atoms with Crippen molar-refractivity contribution in [2.75, 3.05) is 13.1 Å². The second-order valence-electron chi connectivity index (χ2n) is 7.72. The van der Waals surface area contributed by atoms with Crippen molar-refractivity contribution < 1.29 is 4.79 Å². The first kappa shape index (κ1) is 17.9. The highest BCUT2D eigenvalue weighted by molar-refractivity contribution is 5.94. The zero-order valence-corrected chi connectivity index (χ0v) is 15.5. The minimum Gasteiger partial charge on any atom is -0.345 e. The number of H-pyrrole nitrogens is 1. The van der Waals surface area contributed by atoms with Crippen molar-refractivity contribution in [1.82, 2.24) is 20.8 Å². The average molecular weight is 366 g/mol. The molecule has 2 aromatic rings. The van der Waals surface area contributed by atoms with E-state index in [4.69, 9.17) is 0 Å². The Bertz CT molecular complexity index is 869. The van der Waals surface area contributed by atoms with E-state index >= 15 is 0 Å². The van der Waals surface area contributed by atoms with E-state index in [9.17, 15) is 9.59 Å². The summed E-state index contributed by atoms with van der Waals surface area (Å²) in [5.74, 6) is -0.0578. The summed E-state index contributed by atoms with van der Waals surface area (Å²) in [5.41, 5.74) is 3.14. The maximum absolute atomic E-state index is 12.8. The lowest BCUT2D eigenvalue weighted by molar-refractivity contribution is 0.0877. The summed E-state index contributed by atoms with van der Waals surface area (Å²) in [5, 5.41) is 13.8. The third-order valence-corrected chi connectivity index (χ3v) is 5.78. The van der Waals surface area contributed by atoms with Crippen molar-refractivity contribution in [1.29, 1.82) is 0 Å². The number of hydrogen-bond acceptors (Lipinski definition) is 4.